The molecule has 1 heterocycles. The van der Waals surface area contributed by atoms with Gasteiger partial charge in [-0.1, -0.05) is 0 Å². The van der Waals surface area contributed by atoms with Gasteiger partial charge >= 0.3 is 0 Å². The van der Waals surface area contributed by atoms with E-state index in [1.54, 1.807) is 7.11 Å². The van der Waals surface area contributed by atoms with E-state index < -0.39 is 0 Å². The van der Waals surface area contributed by atoms with Gasteiger partial charge in [-0.2, -0.15) is 0 Å². The number of oxazole rings is 1. The summed E-state index contributed by atoms with van der Waals surface area (Å²) >= 11 is 0. The highest BCUT2D eigenvalue weighted by Crippen LogP contribution is 2.20. The molecule has 2 aromatic rings. The molecule has 0 radical (unpaired) electrons. The van der Waals surface area contributed by atoms with Gasteiger partial charge in [-0.3, -0.25) is 0 Å². The third kappa shape index (κ3) is 2.58. The average molecular weight is 234 g/mol. The maximum Gasteiger partial charge on any atom is 0.192 e. The smallest absolute Gasteiger partial charge is 0.192 e. The summed E-state index contributed by atoms with van der Waals surface area (Å²) in [6.45, 7) is 5.98. The van der Waals surface area contributed by atoms with Crippen molar-refractivity contribution in [3.63, 3.8) is 0 Å². The molecular weight excluding hydrogens is 216 g/mol. The van der Waals surface area contributed by atoms with Crippen molar-refractivity contribution in [2.75, 3.05) is 12.4 Å². The van der Waals surface area contributed by atoms with Crippen LogP contribution in [-0.2, 0) is 4.74 Å². The van der Waals surface area contributed by atoms with Crippen molar-refractivity contribution in [1.82, 2.24) is 4.98 Å². The molecule has 0 fully saturated rings. The molecule has 2 rings (SSSR count). The molecule has 0 saturated heterocycles. The summed E-state index contributed by atoms with van der Waals surface area (Å²) in [5, 5.41) is 3.39. The highest BCUT2D eigenvalue weighted by molar-refractivity contribution is 5.77. The molecule has 1 aromatic carbocycles. The van der Waals surface area contributed by atoms with Gasteiger partial charge in [0.15, 0.2) is 11.5 Å². The van der Waals surface area contributed by atoms with Crippen LogP contribution >= 0.6 is 0 Å². The number of benzene rings is 1. The number of methoxy groups -OCH3 is 1. The standard InChI is InChI=1S/C13H18N2O2/c1-8(9(2)16-4)14-11-5-6-13-12(7-11)15-10(3)17-13/h5-9,14H,1-4H3. The zero-order chi connectivity index (χ0) is 12.4. The highest BCUT2D eigenvalue weighted by atomic mass is 16.5. The summed E-state index contributed by atoms with van der Waals surface area (Å²) < 4.78 is 10.7. The third-order valence-corrected chi connectivity index (χ3v) is 2.96. The number of nitrogens with one attached hydrogen (secondary N) is 1. The Balaban J connectivity index is 2.18. The van der Waals surface area contributed by atoms with Crippen LogP contribution in [0.3, 0.4) is 0 Å². The van der Waals surface area contributed by atoms with E-state index in [1.807, 2.05) is 32.0 Å². The predicted octanol–water partition coefficient (Wildman–Crippen LogP) is 2.97. The molecular formula is C13H18N2O2. The Hall–Kier alpha value is -1.55. The van der Waals surface area contributed by atoms with Crippen LogP contribution in [0.15, 0.2) is 22.6 Å². The molecule has 0 aliphatic rings. The molecule has 0 spiro atoms. The Bertz CT molecular complexity index is 507. The van der Waals surface area contributed by atoms with E-state index in [2.05, 4.69) is 17.2 Å². The van der Waals surface area contributed by atoms with E-state index in [0.29, 0.717) is 5.89 Å². The molecule has 92 valence electrons. The zero-order valence-corrected chi connectivity index (χ0v) is 10.7. The minimum absolute atomic E-state index is 0.157. The minimum Gasteiger partial charge on any atom is -0.441 e. The summed E-state index contributed by atoms with van der Waals surface area (Å²) in [6.07, 6.45) is 0.157. The SMILES string of the molecule is COC(C)C(C)Nc1ccc2oc(C)nc2c1. The van der Waals surface area contributed by atoms with Gasteiger partial charge in [-0.15, -0.1) is 0 Å². The molecule has 2 atom stereocenters. The molecule has 0 bridgehead atoms. The lowest BCUT2D eigenvalue weighted by molar-refractivity contribution is 0.106. The van der Waals surface area contributed by atoms with E-state index in [1.165, 1.54) is 0 Å². The van der Waals surface area contributed by atoms with Gasteiger partial charge in [-0.05, 0) is 32.0 Å². The fourth-order valence-electron chi connectivity index (χ4n) is 1.72. The van der Waals surface area contributed by atoms with Crippen LogP contribution in [0.25, 0.3) is 11.1 Å². The average Bonchev–Trinajstić information content (AvgIpc) is 2.67. The number of hydrogen-bond acceptors (Lipinski definition) is 4. The first-order valence-electron chi connectivity index (χ1n) is 5.76. The van der Waals surface area contributed by atoms with Crippen molar-refractivity contribution in [2.45, 2.75) is 32.9 Å². The van der Waals surface area contributed by atoms with Crippen molar-refractivity contribution in [1.29, 1.82) is 0 Å². The number of ether oxygens (including phenoxy) is 1. The van der Waals surface area contributed by atoms with Gasteiger partial charge in [0.05, 0.1) is 6.10 Å². The normalized spacial score (nSPS) is 14.8. The van der Waals surface area contributed by atoms with Gasteiger partial charge < -0.3 is 14.5 Å². The maximum atomic E-state index is 5.43. The van der Waals surface area contributed by atoms with Crippen LogP contribution < -0.4 is 5.32 Å². The largest absolute Gasteiger partial charge is 0.441 e. The fourth-order valence-corrected chi connectivity index (χ4v) is 1.72. The molecule has 0 amide bonds. The lowest BCUT2D eigenvalue weighted by Crippen LogP contribution is -2.29. The van der Waals surface area contributed by atoms with E-state index in [4.69, 9.17) is 9.15 Å². The summed E-state index contributed by atoms with van der Waals surface area (Å²) in [5.41, 5.74) is 2.73. The van der Waals surface area contributed by atoms with Crippen molar-refractivity contribution in [2.24, 2.45) is 0 Å². The van der Waals surface area contributed by atoms with Gasteiger partial charge in [0.2, 0.25) is 0 Å². The van der Waals surface area contributed by atoms with E-state index in [9.17, 15) is 0 Å². The van der Waals surface area contributed by atoms with Gasteiger partial charge in [0, 0.05) is 25.8 Å². The van der Waals surface area contributed by atoms with Crippen LogP contribution in [0.2, 0.25) is 0 Å². The molecule has 4 nitrogen and oxygen atoms in total. The fraction of sp³-hybridized carbons (Fsp3) is 0.462. The first-order valence-corrected chi connectivity index (χ1v) is 5.76. The van der Waals surface area contributed by atoms with Crippen molar-refractivity contribution < 1.29 is 9.15 Å². The molecule has 17 heavy (non-hydrogen) atoms. The van der Waals surface area contributed by atoms with Crippen molar-refractivity contribution in [3.05, 3.63) is 24.1 Å². The van der Waals surface area contributed by atoms with E-state index in [0.717, 1.165) is 16.8 Å². The monoisotopic (exact) mass is 234 g/mol. The van der Waals surface area contributed by atoms with E-state index in [-0.39, 0.29) is 12.1 Å². The summed E-state index contributed by atoms with van der Waals surface area (Å²) in [7, 11) is 1.72. The topological polar surface area (TPSA) is 47.3 Å². The Labute approximate surface area is 101 Å². The van der Waals surface area contributed by atoms with Crippen LogP contribution in [0, 0.1) is 6.92 Å². The molecule has 1 aromatic heterocycles. The van der Waals surface area contributed by atoms with Crippen LogP contribution in [-0.4, -0.2) is 24.2 Å². The Morgan fingerprint density at radius 1 is 1.35 bits per heavy atom. The lowest BCUT2D eigenvalue weighted by atomic mass is 10.2. The second-order valence-corrected chi connectivity index (χ2v) is 4.29. The Morgan fingerprint density at radius 3 is 2.82 bits per heavy atom. The molecule has 2 unspecified atom stereocenters. The number of hydrogen-bond donors (Lipinski definition) is 1. The second-order valence-electron chi connectivity index (χ2n) is 4.29. The molecule has 1 N–H and O–H groups in total. The number of anilines is 1. The number of nitrogens with zero attached hydrogens (tertiary/aromatic N) is 1. The predicted molar refractivity (Wildman–Crippen MR) is 68.3 cm³/mol. The summed E-state index contributed by atoms with van der Waals surface area (Å²) in [4.78, 5) is 4.31. The third-order valence-electron chi connectivity index (χ3n) is 2.96. The Morgan fingerprint density at radius 2 is 2.12 bits per heavy atom. The van der Waals surface area contributed by atoms with Gasteiger partial charge in [-0.25, -0.2) is 4.98 Å². The molecule has 0 aliphatic carbocycles. The number of fused-ring (bicyclic) bond motifs is 1. The van der Waals surface area contributed by atoms with Crippen LogP contribution in [0.1, 0.15) is 19.7 Å². The lowest BCUT2D eigenvalue weighted by Gasteiger charge is -2.20. The van der Waals surface area contributed by atoms with Gasteiger partial charge in [0.25, 0.3) is 0 Å². The first-order chi connectivity index (χ1) is 8.10. The summed E-state index contributed by atoms with van der Waals surface area (Å²) in [6, 6.07) is 6.16. The number of rotatable bonds is 4. The van der Waals surface area contributed by atoms with Gasteiger partial charge in [0.1, 0.15) is 5.52 Å². The first kappa shape index (κ1) is 11.9. The van der Waals surface area contributed by atoms with Crippen molar-refractivity contribution >= 4 is 16.8 Å². The molecule has 4 heteroatoms. The van der Waals surface area contributed by atoms with Crippen LogP contribution in [0.5, 0.6) is 0 Å². The maximum absolute atomic E-state index is 5.43. The number of aromatic nitrogens is 1. The molecule has 0 saturated carbocycles. The Kier molecular flexibility index (Phi) is 3.33. The van der Waals surface area contributed by atoms with E-state index >= 15 is 0 Å². The number of aryl methyl sites for hydroxylation is 1. The molecule has 0 aliphatic heterocycles. The highest BCUT2D eigenvalue weighted by Gasteiger charge is 2.11. The quantitative estimate of drug-likeness (QED) is 0.883. The van der Waals surface area contributed by atoms with Crippen LogP contribution in [0.4, 0.5) is 5.69 Å². The summed E-state index contributed by atoms with van der Waals surface area (Å²) in [5.74, 6) is 0.690. The second kappa shape index (κ2) is 4.75. The zero-order valence-electron chi connectivity index (χ0n) is 10.7. The van der Waals surface area contributed by atoms with Crippen molar-refractivity contribution in [3.8, 4) is 0 Å². The minimum atomic E-state index is 0.157.